The van der Waals surface area contributed by atoms with Crippen LogP contribution in [0.5, 0.6) is 0 Å². The monoisotopic (exact) mass is 175 g/mol. The molecule has 1 aromatic heterocycles. The standard InChI is InChI=1S/C10H13N3/c1-3-10(4-1)7-13(8-10)9-11-5-2-6-12-9/h2,5-6H,1,3-4,7-8H2. The molecule has 3 rings (SSSR count). The Bertz CT molecular complexity index is 297. The minimum Gasteiger partial charge on any atom is -0.340 e. The quantitative estimate of drug-likeness (QED) is 0.647. The summed E-state index contributed by atoms with van der Waals surface area (Å²) >= 11 is 0. The number of hydrogen-bond acceptors (Lipinski definition) is 3. The molecule has 2 heterocycles. The van der Waals surface area contributed by atoms with E-state index in [-0.39, 0.29) is 0 Å². The zero-order chi connectivity index (χ0) is 8.73. The first-order valence-electron chi connectivity index (χ1n) is 4.90. The summed E-state index contributed by atoms with van der Waals surface area (Å²) in [7, 11) is 0. The van der Waals surface area contributed by atoms with Gasteiger partial charge in [-0.25, -0.2) is 9.97 Å². The molecule has 0 N–H and O–H groups in total. The lowest BCUT2D eigenvalue weighted by Crippen LogP contribution is -2.60. The number of anilines is 1. The number of hydrogen-bond donors (Lipinski definition) is 0. The van der Waals surface area contributed by atoms with Gasteiger partial charge in [0.05, 0.1) is 0 Å². The Morgan fingerprint density at radius 1 is 1.15 bits per heavy atom. The van der Waals surface area contributed by atoms with Gasteiger partial charge >= 0.3 is 0 Å². The van der Waals surface area contributed by atoms with E-state index < -0.39 is 0 Å². The van der Waals surface area contributed by atoms with Crippen molar-refractivity contribution in [1.82, 2.24) is 9.97 Å². The summed E-state index contributed by atoms with van der Waals surface area (Å²) in [6, 6.07) is 1.86. The molecule has 0 amide bonds. The van der Waals surface area contributed by atoms with Crippen LogP contribution in [0.1, 0.15) is 19.3 Å². The van der Waals surface area contributed by atoms with Crippen molar-refractivity contribution in [1.29, 1.82) is 0 Å². The average molecular weight is 175 g/mol. The topological polar surface area (TPSA) is 29.0 Å². The van der Waals surface area contributed by atoms with E-state index in [4.69, 9.17) is 0 Å². The van der Waals surface area contributed by atoms with E-state index in [1.807, 2.05) is 18.5 Å². The summed E-state index contributed by atoms with van der Waals surface area (Å²) in [5.41, 5.74) is 0.666. The van der Waals surface area contributed by atoms with Crippen LogP contribution in [-0.4, -0.2) is 23.1 Å². The van der Waals surface area contributed by atoms with E-state index in [1.54, 1.807) is 0 Å². The van der Waals surface area contributed by atoms with Crippen molar-refractivity contribution < 1.29 is 0 Å². The van der Waals surface area contributed by atoms with E-state index >= 15 is 0 Å². The highest BCUT2D eigenvalue weighted by atomic mass is 15.3. The summed E-state index contributed by atoms with van der Waals surface area (Å²) < 4.78 is 0. The van der Waals surface area contributed by atoms with Crippen LogP contribution in [0.25, 0.3) is 0 Å². The molecule has 13 heavy (non-hydrogen) atoms. The van der Waals surface area contributed by atoms with E-state index in [1.165, 1.54) is 32.4 Å². The van der Waals surface area contributed by atoms with Crippen molar-refractivity contribution in [2.24, 2.45) is 5.41 Å². The Labute approximate surface area is 77.8 Å². The van der Waals surface area contributed by atoms with E-state index in [0.29, 0.717) is 5.41 Å². The molecule has 0 radical (unpaired) electrons. The fraction of sp³-hybridized carbons (Fsp3) is 0.600. The highest BCUT2D eigenvalue weighted by Gasteiger charge is 2.47. The van der Waals surface area contributed by atoms with Crippen molar-refractivity contribution in [3.63, 3.8) is 0 Å². The molecule has 1 saturated carbocycles. The summed E-state index contributed by atoms with van der Waals surface area (Å²) in [4.78, 5) is 10.8. The molecule has 3 heteroatoms. The second-order valence-electron chi connectivity index (χ2n) is 4.26. The van der Waals surface area contributed by atoms with Crippen LogP contribution in [0.15, 0.2) is 18.5 Å². The van der Waals surface area contributed by atoms with Gasteiger partial charge in [-0.2, -0.15) is 0 Å². The Kier molecular flexibility index (Phi) is 1.37. The van der Waals surface area contributed by atoms with Crippen LogP contribution in [0, 0.1) is 5.41 Å². The molecular weight excluding hydrogens is 162 g/mol. The molecule has 0 unspecified atom stereocenters. The second kappa shape index (κ2) is 2.44. The second-order valence-corrected chi connectivity index (χ2v) is 4.26. The lowest BCUT2D eigenvalue weighted by molar-refractivity contribution is 0.0888. The molecule has 0 aromatic carbocycles. The summed E-state index contributed by atoms with van der Waals surface area (Å²) in [6.45, 7) is 2.36. The molecule has 1 aliphatic heterocycles. The van der Waals surface area contributed by atoms with Crippen molar-refractivity contribution in [3.05, 3.63) is 18.5 Å². The molecule has 68 valence electrons. The third-order valence-electron chi connectivity index (χ3n) is 3.30. The van der Waals surface area contributed by atoms with Crippen LogP contribution >= 0.6 is 0 Å². The highest BCUT2D eigenvalue weighted by molar-refractivity contribution is 5.36. The summed E-state index contributed by atoms with van der Waals surface area (Å²) in [6.07, 6.45) is 7.87. The average Bonchev–Trinajstić information content (AvgIpc) is 2.01. The van der Waals surface area contributed by atoms with E-state index in [9.17, 15) is 0 Å². The first kappa shape index (κ1) is 7.30. The zero-order valence-corrected chi connectivity index (χ0v) is 7.61. The minimum absolute atomic E-state index is 0.666. The van der Waals surface area contributed by atoms with Crippen LogP contribution in [0.4, 0.5) is 5.95 Å². The summed E-state index contributed by atoms with van der Waals surface area (Å²) in [5, 5.41) is 0. The molecule has 0 bridgehead atoms. The van der Waals surface area contributed by atoms with Gasteiger partial charge in [0.25, 0.3) is 0 Å². The SMILES string of the molecule is c1cnc(N2CC3(CCC3)C2)nc1. The first-order chi connectivity index (χ1) is 6.38. The molecule has 0 atom stereocenters. The van der Waals surface area contributed by atoms with Gasteiger partial charge in [-0.1, -0.05) is 6.42 Å². The maximum atomic E-state index is 4.24. The lowest BCUT2D eigenvalue weighted by atomic mass is 9.64. The third kappa shape index (κ3) is 1.03. The van der Waals surface area contributed by atoms with Gasteiger partial charge in [0, 0.05) is 30.9 Å². The van der Waals surface area contributed by atoms with Gasteiger partial charge in [0.2, 0.25) is 5.95 Å². The number of aromatic nitrogens is 2. The maximum Gasteiger partial charge on any atom is 0.225 e. The predicted octanol–water partition coefficient (Wildman–Crippen LogP) is 1.47. The van der Waals surface area contributed by atoms with E-state index in [2.05, 4.69) is 14.9 Å². The van der Waals surface area contributed by atoms with Crippen LogP contribution in [0.2, 0.25) is 0 Å². The molecule has 1 aromatic rings. The fourth-order valence-electron chi connectivity index (χ4n) is 2.35. The zero-order valence-electron chi connectivity index (χ0n) is 7.61. The Balaban J connectivity index is 1.71. The minimum atomic E-state index is 0.666. The Morgan fingerprint density at radius 3 is 2.38 bits per heavy atom. The normalized spacial score (nSPS) is 23.8. The largest absolute Gasteiger partial charge is 0.340 e. The smallest absolute Gasteiger partial charge is 0.225 e. The van der Waals surface area contributed by atoms with Crippen LogP contribution in [0.3, 0.4) is 0 Å². The Hall–Kier alpha value is -1.12. The van der Waals surface area contributed by atoms with Crippen molar-refractivity contribution in [3.8, 4) is 0 Å². The van der Waals surface area contributed by atoms with E-state index in [0.717, 1.165) is 5.95 Å². The van der Waals surface area contributed by atoms with Gasteiger partial charge in [-0.3, -0.25) is 0 Å². The van der Waals surface area contributed by atoms with Crippen LogP contribution < -0.4 is 4.90 Å². The number of nitrogens with zero attached hydrogens (tertiary/aromatic N) is 3. The highest BCUT2D eigenvalue weighted by Crippen LogP contribution is 2.48. The molecule has 2 fully saturated rings. The Morgan fingerprint density at radius 2 is 1.85 bits per heavy atom. The molecule has 2 aliphatic rings. The van der Waals surface area contributed by atoms with Gasteiger partial charge in [-0.05, 0) is 18.9 Å². The molecule has 3 nitrogen and oxygen atoms in total. The third-order valence-corrected chi connectivity index (χ3v) is 3.30. The first-order valence-corrected chi connectivity index (χ1v) is 4.90. The maximum absolute atomic E-state index is 4.24. The fourth-order valence-corrected chi connectivity index (χ4v) is 2.35. The predicted molar refractivity (Wildman–Crippen MR) is 50.5 cm³/mol. The van der Waals surface area contributed by atoms with Gasteiger partial charge in [0.1, 0.15) is 0 Å². The lowest BCUT2D eigenvalue weighted by Gasteiger charge is -2.55. The van der Waals surface area contributed by atoms with Crippen molar-refractivity contribution >= 4 is 5.95 Å². The van der Waals surface area contributed by atoms with Crippen molar-refractivity contribution in [2.75, 3.05) is 18.0 Å². The molecular formula is C10H13N3. The molecule has 1 saturated heterocycles. The van der Waals surface area contributed by atoms with Gasteiger partial charge in [-0.15, -0.1) is 0 Å². The molecule has 1 aliphatic carbocycles. The van der Waals surface area contributed by atoms with Crippen molar-refractivity contribution in [2.45, 2.75) is 19.3 Å². The van der Waals surface area contributed by atoms with Gasteiger partial charge in [0.15, 0.2) is 0 Å². The molecule has 1 spiro atoms. The van der Waals surface area contributed by atoms with Crippen LogP contribution in [-0.2, 0) is 0 Å². The number of rotatable bonds is 1. The summed E-state index contributed by atoms with van der Waals surface area (Å²) in [5.74, 6) is 0.903. The van der Waals surface area contributed by atoms with Gasteiger partial charge < -0.3 is 4.90 Å².